The molecule has 5 aromatic rings. The van der Waals surface area contributed by atoms with Crippen LogP contribution >= 0.6 is 0 Å². The molecule has 4 N–H and O–H groups in total. The summed E-state index contributed by atoms with van der Waals surface area (Å²) in [6.07, 6.45) is -8.81. The molecule has 0 saturated carbocycles. The zero-order valence-corrected chi connectivity index (χ0v) is 32.5. The van der Waals surface area contributed by atoms with Gasteiger partial charge < -0.3 is 34.8 Å². The molecule has 1 aromatic heterocycles. The number of carbonyl (C=O) groups is 3. The van der Waals surface area contributed by atoms with Gasteiger partial charge >= 0.3 is 18.1 Å². The second kappa shape index (κ2) is 19.1. The van der Waals surface area contributed by atoms with Crippen LogP contribution in [0.1, 0.15) is 36.4 Å². The molecule has 17 heteroatoms. The second-order valence-corrected chi connectivity index (χ2v) is 14.4. The third kappa shape index (κ3) is 11.8. The predicted octanol–water partition coefficient (Wildman–Crippen LogP) is 5.39. The number of aliphatic hydroxyl groups is 2. The molecular weight excluding hydrogens is 783 g/mol. The normalized spacial score (nSPS) is 12.7. The molecule has 4 aromatic carbocycles. The van der Waals surface area contributed by atoms with Crippen LogP contribution in [0.3, 0.4) is 0 Å². The number of fused-ring (bicyclic) bond motifs is 1. The van der Waals surface area contributed by atoms with Crippen molar-refractivity contribution < 1.29 is 56.8 Å². The topological polar surface area (TPSA) is 174 Å². The number of benzene rings is 4. The zero-order valence-electron chi connectivity index (χ0n) is 32.5. The number of rotatable bonds is 14. The maximum absolute atomic E-state index is 14.5. The Bertz CT molecular complexity index is 2310. The molecule has 1 amide bonds. The minimum absolute atomic E-state index is 0.0607. The Balaban J connectivity index is 0.000000680. The van der Waals surface area contributed by atoms with Gasteiger partial charge in [0.05, 0.1) is 16.5 Å². The quantitative estimate of drug-likeness (QED) is 0.106. The maximum atomic E-state index is 14.5. The van der Waals surface area contributed by atoms with Crippen LogP contribution in [0.4, 0.5) is 22.0 Å². The number of nitrogens with zero attached hydrogens (tertiary/aromatic N) is 4. The molecule has 0 bridgehead atoms. The number of aryl methyl sites for hydroxylation is 2. The predicted molar refractivity (Wildman–Crippen MR) is 207 cm³/mol. The molecule has 0 radical (unpaired) electrons. The number of aromatic nitrogens is 2. The Morgan fingerprint density at radius 2 is 1.34 bits per heavy atom. The SMILES string of the molecule is CN(C)C(C)(C)CN(Cc1ccc(-c2ccc(C(F)(F)F)cc2)cc1)C(=O)Cn1c(CCc2cccc(F)c2F)nc(=O)c2ccccc21.O=C(O)[C@H](O)[C@@H](O)C(=O)O. The summed E-state index contributed by atoms with van der Waals surface area (Å²) in [7, 11) is 3.84. The van der Waals surface area contributed by atoms with E-state index in [0.29, 0.717) is 23.0 Å². The molecular formula is C42H43F5N4O8. The van der Waals surface area contributed by atoms with Crippen LogP contribution < -0.4 is 5.56 Å². The van der Waals surface area contributed by atoms with Gasteiger partial charge in [-0.2, -0.15) is 18.2 Å². The number of likely N-dealkylation sites (N-methyl/N-ethyl adjacent to an activating group) is 1. The number of carboxylic acid groups (broad SMARTS) is 2. The summed E-state index contributed by atoms with van der Waals surface area (Å²) in [5, 5.41) is 32.9. The van der Waals surface area contributed by atoms with Gasteiger partial charge in [-0.25, -0.2) is 18.4 Å². The lowest BCUT2D eigenvalue weighted by molar-refractivity contribution is -0.165. The Morgan fingerprint density at radius 3 is 1.88 bits per heavy atom. The van der Waals surface area contributed by atoms with Crippen molar-refractivity contribution >= 4 is 28.7 Å². The van der Waals surface area contributed by atoms with Crippen LogP contribution in [0, 0.1) is 11.6 Å². The molecule has 0 unspecified atom stereocenters. The first-order chi connectivity index (χ1) is 27.6. The van der Waals surface area contributed by atoms with Crippen LogP contribution in [0.5, 0.6) is 0 Å². The summed E-state index contributed by atoms with van der Waals surface area (Å²) >= 11 is 0. The third-order valence-corrected chi connectivity index (χ3v) is 9.73. The van der Waals surface area contributed by atoms with Crippen molar-refractivity contribution in [3.8, 4) is 11.1 Å². The molecule has 2 atom stereocenters. The van der Waals surface area contributed by atoms with Crippen molar-refractivity contribution in [2.24, 2.45) is 0 Å². The molecule has 0 spiro atoms. The van der Waals surface area contributed by atoms with Crippen LogP contribution in [-0.4, -0.2) is 96.0 Å². The highest BCUT2D eigenvalue weighted by molar-refractivity contribution is 5.83. The molecule has 0 fully saturated rings. The molecule has 59 heavy (non-hydrogen) atoms. The number of aliphatic carboxylic acids is 2. The van der Waals surface area contributed by atoms with Gasteiger partial charge in [-0.05, 0) is 86.9 Å². The monoisotopic (exact) mass is 826 g/mol. The minimum atomic E-state index is -4.42. The first-order valence-corrected chi connectivity index (χ1v) is 18.1. The molecule has 0 saturated heterocycles. The number of hydrogen-bond donors (Lipinski definition) is 4. The number of para-hydroxylation sites is 1. The largest absolute Gasteiger partial charge is 0.479 e. The third-order valence-electron chi connectivity index (χ3n) is 9.73. The van der Waals surface area contributed by atoms with Crippen molar-refractivity contribution in [2.45, 2.75) is 63.7 Å². The highest BCUT2D eigenvalue weighted by Gasteiger charge is 2.31. The Hall–Kier alpha value is -6.04. The van der Waals surface area contributed by atoms with Gasteiger partial charge in [0.2, 0.25) is 5.91 Å². The van der Waals surface area contributed by atoms with E-state index in [4.69, 9.17) is 20.4 Å². The molecule has 12 nitrogen and oxygen atoms in total. The minimum Gasteiger partial charge on any atom is -0.479 e. The second-order valence-electron chi connectivity index (χ2n) is 14.4. The van der Waals surface area contributed by atoms with E-state index in [9.17, 15) is 41.1 Å². The Labute approximate surface area is 335 Å². The zero-order chi connectivity index (χ0) is 43.8. The van der Waals surface area contributed by atoms with Crippen molar-refractivity contribution in [3.05, 3.63) is 135 Å². The van der Waals surface area contributed by atoms with E-state index < -0.39 is 58.6 Å². The van der Waals surface area contributed by atoms with Crippen LogP contribution in [0.15, 0.2) is 95.8 Å². The molecule has 5 rings (SSSR count). The number of amides is 1. The highest BCUT2D eigenvalue weighted by atomic mass is 19.4. The average molecular weight is 827 g/mol. The highest BCUT2D eigenvalue weighted by Crippen LogP contribution is 2.31. The van der Waals surface area contributed by atoms with E-state index in [1.807, 2.05) is 45.0 Å². The van der Waals surface area contributed by atoms with Crippen LogP contribution in [-0.2, 0) is 46.5 Å². The van der Waals surface area contributed by atoms with Gasteiger partial charge in [0, 0.05) is 25.0 Å². The van der Waals surface area contributed by atoms with Crippen molar-refractivity contribution in [1.29, 1.82) is 0 Å². The number of halogens is 5. The average Bonchev–Trinajstić information content (AvgIpc) is 3.18. The lowest BCUT2D eigenvalue weighted by Gasteiger charge is -2.38. The fraction of sp³-hybridized carbons (Fsp3) is 0.310. The van der Waals surface area contributed by atoms with E-state index in [1.165, 1.54) is 24.3 Å². The molecule has 0 aliphatic heterocycles. The first-order valence-electron chi connectivity index (χ1n) is 18.1. The number of carboxylic acids is 2. The number of alkyl halides is 3. The lowest BCUT2D eigenvalue weighted by atomic mass is 10.0. The van der Waals surface area contributed by atoms with Gasteiger partial charge in [-0.15, -0.1) is 0 Å². The fourth-order valence-electron chi connectivity index (χ4n) is 5.84. The standard InChI is InChI=1S/C38H37F5N4O2.C4H6O6/c1-37(2,45(3)4)24-46(22-25-12-14-26(15-13-25)27-16-19-29(20-17-27)38(41,42)43)34(48)23-47-32-11-6-5-9-30(32)36(49)44-33(47)21-18-28-8-7-10-31(39)35(28)40;5-1(3(7)8)2(6)4(9)10/h5-17,19-20H,18,21-24H2,1-4H3;1-2,5-6H,(H,7,8)(H,9,10)/t;1-,2-/m.1/s1. The lowest BCUT2D eigenvalue weighted by Crippen LogP contribution is -2.50. The van der Waals surface area contributed by atoms with E-state index in [1.54, 1.807) is 45.9 Å². The van der Waals surface area contributed by atoms with E-state index in [0.717, 1.165) is 29.3 Å². The van der Waals surface area contributed by atoms with Gasteiger partial charge in [0.15, 0.2) is 23.8 Å². The summed E-state index contributed by atoms with van der Waals surface area (Å²) in [6, 6.07) is 23.0. The van der Waals surface area contributed by atoms with Crippen LogP contribution in [0.2, 0.25) is 0 Å². The van der Waals surface area contributed by atoms with Gasteiger partial charge in [0.25, 0.3) is 5.56 Å². The number of aliphatic hydroxyl groups excluding tert-OH is 2. The Morgan fingerprint density at radius 1 is 0.780 bits per heavy atom. The summed E-state index contributed by atoms with van der Waals surface area (Å²) < 4.78 is 69.2. The molecule has 0 aliphatic rings. The molecule has 0 aliphatic carbocycles. The van der Waals surface area contributed by atoms with E-state index in [-0.39, 0.29) is 43.2 Å². The van der Waals surface area contributed by atoms with Gasteiger partial charge in [-0.3, -0.25) is 9.59 Å². The van der Waals surface area contributed by atoms with E-state index >= 15 is 0 Å². The smallest absolute Gasteiger partial charge is 0.416 e. The van der Waals surface area contributed by atoms with Gasteiger partial charge in [-0.1, -0.05) is 60.7 Å². The Kier molecular flexibility index (Phi) is 14.8. The van der Waals surface area contributed by atoms with Crippen molar-refractivity contribution in [1.82, 2.24) is 19.4 Å². The van der Waals surface area contributed by atoms with Crippen molar-refractivity contribution in [3.63, 3.8) is 0 Å². The van der Waals surface area contributed by atoms with Crippen molar-refractivity contribution in [2.75, 3.05) is 20.6 Å². The molecule has 314 valence electrons. The fourth-order valence-corrected chi connectivity index (χ4v) is 5.84. The summed E-state index contributed by atoms with van der Waals surface area (Å²) in [5.41, 5.74) is 1.17. The summed E-state index contributed by atoms with van der Waals surface area (Å²) in [5.74, 6) is -5.45. The first kappa shape index (κ1) is 45.7. The van der Waals surface area contributed by atoms with Gasteiger partial charge in [0.1, 0.15) is 12.4 Å². The number of carbonyl (C=O) groups excluding carboxylic acids is 1. The number of hydrogen-bond acceptors (Lipinski definition) is 8. The van der Waals surface area contributed by atoms with Crippen LogP contribution in [0.25, 0.3) is 22.0 Å². The molecule has 1 heterocycles. The summed E-state index contributed by atoms with van der Waals surface area (Å²) in [4.78, 5) is 54.8. The van der Waals surface area contributed by atoms with E-state index in [2.05, 4.69) is 4.98 Å². The summed E-state index contributed by atoms with van der Waals surface area (Å²) in [6.45, 7) is 4.43. The maximum Gasteiger partial charge on any atom is 0.416 e.